The minimum atomic E-state index is -0.392. The predicted molar refractivity (Wildman–Crippen MR) is 104 cm³/mol. The third-order valence-corrected chi connectivity index (χ3v) is 6.02. The lowest BCUT2D eigenvalue weighted by Crippen LogP contribution is -2.18. The van der Waals surface area contributed by atoms with Crippen LogP contribution in [0.4, 0.5) is 0 Å². The third kappa shape index (κ3) is 3.96. The summed E-state index contributed by atoms with van der Waals surface area (Å²) >= 11 is 0. The van der Waals surface area contributed by atoms with Gasteiger partial charge in [0.05, 0.1) is 11.7 Å². The summed E-state index contributed by atoms with van der Waals surface area (Å²) in [6.07, 6.45) is 6.23. The Morgan fingerprint density at radius 3 is 2.56 bits per heavy atom. The highest BCUT2D eigenvalue weighted by molar-refractivity contribution is 5.41. The smallest absolute Gasteiger partial charge is 0.343 e. The molecular weight excluding hydrogens is 340 g/mol. The second-order valence-corrected chi connectivity index (χ2v) is 7.94. The van der Waals surface area contributed by atoms with Gasteiger partial charge in [0.1, 0.15) is 11.5 Å². The Morgan fingerprint density at radius 2 is 1.96 bits per heavy atom. The van der Waals surface area contributed by atoms with Gasteiger partial charge < -0.3 is 14.3 Å². The van der Waals surface area contributed by atoms with E-state index in [1.807, 2.05) is 30.3 Å². The van der Waals surface area contributed by atoms with Crippen LogP contribution in [-0.2, 0) is 4.74 Å². The van der Waals surface area contributed by atoms with Gasteiger partial charge >= 0.3 is 5.63 Å². The van der Waals surface area contributed by atoms with Crippen LogP contribution in [0.5, 0.6) is 5.75 Å². The Bertz CT molecular complexity index is 816. The van der Waals surface area contributed by atoms with Gasteiger partial charge in [-0.3, -0.25) is 0 Å². The van der Waals surface area contributed by atoms with E-state index in [1.54, 1.807) is 6.07 Å². The van der Waals surface area contributed by atoms with E-state index in [1.165, 1.54) is 0 Å². The number of aromatic hydroxyl groups is 1. The van der Waals surface area contributed by atoms with Gasteiger partial charge in [0, 0.05) is 24.5 Å². The van der Waals surface area contributed by atoms with Gasteiger partial charge in [0.15, 0.2) is 0 Å². The molecule has 4 heteroatoms. The highest BCUT2D eigenvalue weighted by Gasteiger charge is 2.37. The fraction of sp³-hybridized carbons (Fsp3) is 0.522. The van der Waals surface area contributed by atoms with Crippen molar-refractivity contribution in [3.63, 3.8) is 0 Å². The van der Waals surface area contributed by atoms with E-state index in [-0.39, 0.29) is 23.7 Å². The Morgan fingerprint density at radius 1 is 1.19 bits per heavy atom. The van der Waals surface area contributed by atoms with Crippen LogP contribution in [0.1, 0.15) is 74.2 Å². The summed E-state index contributed by atoms with van der Waals surface area (Å²) in [5, 5.41) is 10.8. The molecule has 3 atom stereocenters. The van der Waals surface area contributed by atoms with Gasteiger partial charge in [-0.25, -0.2) is 4.79 Å². The topological polar surface area (TPSA) is 59.7 Å². The molecule has 1 N–H and O–H groups in total. The second-order valence-electron chi connectivity index (χ2n) is 7.94. The molecule has 0 bridgehead atoms. The van der Waals surface area contributed by atoms with Crippen molar-refractivity contribution in [2.45, 2.75) is 63.4 Å². The van der Waals surface area contributed by atoms with Crippen molar-refractivity contribution in [2.75, 3.05) is 6.61 Å². The molecule has 2 aromatic rings. The van der Waals surface area contributed by atoms with E-state index >= 15 is 0 Å². The molecule has 2 fully saturated rings. The van der Waals surface area contributed by atoms with Gasteiger partial charge in [-0.1, -0.05) is 37.3 Å². The molecule has 27 heavy (non-hydrogen) atoms. The highest BCUT2D eigenvalue weighted by Crippen LogP contribution is 2.47. The van der Waals surface area contributed by atoms with Crippen molar-refractivity contribution in [3.8, 4) is 5.75 Å². The molecule has 1 saturated carbocycles. The van der Waals surface area contributed by atoms with Crippen LogP contribution in [0.3, 0.4) is 0 Å². The quantitative estimate of drug-likeness (QED) is 0.751. The second kappa shape index (κ2) is 7.89. The Kier molecular flexibility index (Phi) is 5.35. The molecule has 4 rings (SSSR count). The maximum absolute atomic E-state index is 12.9. The number of ether oxygens (including phenoxy) is 1. The lowest BCUT2D eigenvalue weighted by molar-refractivity contribution is 0.0948. The van der Waals surface area contributed by atoms with Crippen molar-refractivity contribution < 1.29 is 14.3 Å². The largest absolute Gasteiger partial charge is 0.507 e. The Balaban J connectivity index is 1.65. The SMILES string of the molecule is CCC(CC1CCCO1)c1cc(O)c(C(c2ccccc2)C2CC2)c(=O)o1. The maximum Gasteiger partial charge on any atom is 0.343 e. The van der Waals surface area contributed by atoms with Crippen LogP contribution in [0, 0.1) is 5.92 Å². The lowest BCUT2D eigenvalue weighted by atomic mass is 9.87. The molecule has 2 aliphatic rings. The van der Waals surface area contributed by atoms with Crippen LogP contribution in [0.15, 0.2) is 45.6 Å². The molecule has 1 aliphatic heterocycles. The van der Waals surface area contributed by atoms with Gasteiger partial charge in [0.25, 0.3) is 0 Å². The maximum atomic E-state index is 12.9. The summed E-state index contributed by atoms with van der Waals surface area (Å²) in [5.41, 5.74) is 1.10. The van der Waals surface area contributed by atoms with E-state index in [4.69, 9.17) is 9.15 Å². The molecule has 1 aromatic heterocycles. The number of hydrogen-bond acceptors (Lipinski definition) is 4. The first kappa shape index (κ1) is 18.3. The van der Waals surface area contributed by atoms with E-state index < -0.39 is 5.63 Å². The zero-order valence-electron chi connectivity index (χ0n) is 15.9. The van der Waals surface area contributed by atoms with Crippen molar-refractivity contribution in [2.24, 2.45) is 5.92 Å². The van der Waals surface area contributed by atoms with Crippen molar-refractivity contribution in [1.82, 2.24) is 0 Å². The van der Waals surface area contributed by atoms with Crippen LogP contribution in [0.2, 0.25) is 0 Å². The van der Waals surface area contributed by atoms with Crippen LogP contribution in [-0.4, -0.2) is 17.8 Å². The minimum Gasteiger partial charge on any atom is -0.507 e. The zero-order valence-corrected chi connectivity index (χ0v) is 15.9. The molecule has 0 amide bonds. The molecule has 144 valence electrons. The number of hydrogen-bond donors (Lipinski definition) is 1. The average molecular weight is 368 g/mol. The summed E-state index contributed by atoms with van der Waals surface area (Å²) in [6.45, 7) is 2.90. The van der Waals surface area contributed by atoms with E-state index in [9.17, 15) is 9.90 Å². The van der Waals surface area contributed by atoms with Gasteiger partial charge in [-0.2, -0.15) is 0 Å². The van der Waals surface area contributed by atoms with E-state index in [2.05, 4.69) is 6.92 Å². The first-order valence-corrected chi connectivity index (χ1v) is 10.2. The Labute approximate surface area is 160 Å². The van der Waals surface area contributed by atoms with Gasteiger partial charge in [-0.15, -0.1) is 0 Å². The monoisotopic (exact) mass is 368 g/mol. The molecule has 2 heterocycles. The lowest BCUT2D eigenvalue weighted by Gasteiger charge is -2.21. The molecule has 0 radical (unpaired) electrons. The molecule has 1 aliphatic carbocycles. The van der Waals surface area contributed by atoms with Crippen molar-refractivity contribution >= 4 is 0 Å². The number of rotatable bonds is 7. The first-order chi connectivity index (χ1) is 13.2. The van der Waals surface area contributed by atoms with Crippen molar-refractivity contribution in [3.05, 3.63) is 63.7 Å². The first-order valence-electron chi connectivity index (χ1n) is 10.2. The molecule has 0 spiro atoms. The normalized spacial score (nSPS) is 21.9. The van der Waals surface area contributed by atoms with Gasteiger partial charge in [0.2, 0.25) is 0 Å². The van der Waals surface area contributed by atoms with Crippen LogP contribution >= 0.6 is 0 Å². The fourth-order valence-corrected chi connectivity index (χ4v) is 4.39. The molecular formula is C23H28O4. The summed E-state index contributed by atoms with van der Waals surface area (Å²) in [6, 6.07) is 11.7. The summed E-state index contributed by atoms with van der Waals surface area (Å²) in [4.78, 5) is 12.9. The predicted octanol–water partition coefficient (Wildman–Crippen LogP) is 4.95. The standard InChI is InChI=1S/C23H28O4/c1-2-15(13-18-9-6-12-26-18)20-14-19(24)22(23(25)27-20)21(17-10-11-17)16-7-4-3-5-8-16/h3-5,7-8,14-15,17-18,21,24H,2,6,9-13H2,1H3. The van der Waals surface area contributed by atoms with E-state index in [0.29, 0.717) is 17.2 Å². The van der Waals surface area contributed by atoms with Crippen LogP contribution < -0.4 is 5.63 Å². The fourth-order valence-electron chi connectivity index (χ4n) is 4.39. The zero-order chi connectivity index (χ0) is 18.8. The van der Waals surface area contributed by atoms with Crippen LogP contribution in [0.25, 0.3) is 0 Å². The minimum absolute atomic E-state index is 0.0767. The van der Waals surface area contributed by atoms with Crippen molar-refractivity contribution in [1.29, 1.82) is 0 Å². The summed E-state index contributed by atoms with van der Waals surface area (Å²) in [7, 11) is 0. The molecule has 3 unspecified atom stereocenters. The summed E-state index contributed by atoms with van der Waals surface area (Å²) < 4.78 is 11.5. The average Bonchev–Trinajstić information content (AvgIpc) is 3.38. The third-order valence-electron chi connectivity index (χ3n) is 6.02. The van der Waals surface area contributed by atoms with E-state index in [0.717, 1.165) is 50.7 Å². The number of benzene rings is 1. The van der Waals surface area contributed by atoms with Gasteiger partial charge in [-0.05, 0) is 50.0 Å². The highest BCUT2D eigenvalue weighted by atomic mass is 16.5. The molecule has 1 saturated heterocycles. The Hall–Kier alpha value is -2.07. The molecule has 1 aromatic carbocycles. The molecule has 4 nitrogen and oxygen atoms in total. The summed E-state index contributed by atoms with van der Waals surface area (Å²) in [5.74, 6) is 1.07.